The fourth-order valence-corrected chi connectivity index (χ4v) is 4.86. The van der Waals surface area contributed by atoms with Crippen LogP contribution in [0.3, 0.4) is 0 Å². The Morgan fingerprint density at radius 3 is 2.34 bits per heavy atom. The van der Waals surface area contributed by atoms with Gasteiger partial charge in [0.25, 0.3) is 10.2 Å². The summed E-state index contributed by atoms with van der Waals surface area (Å²) in [6, 6.07) is 14.4. The molecule has 1 aromatic carbocycles. The van der Waals surface area contributed by atoms with E-state index in [0.29, 0.717) is 25.4 Å². The van der Waals surface area contributed by atoms with Gasteiger partial charge in [0, 0.05) is 39.4 Å². The maximum atomic E-state index is 13.4. The molecule has 0 bridgehead atoms. The molecule has 1 amide bonds. The van der Waals surface area contributed by atoms with Crippen LogP contribution in [0.2, 0.25) is 0 Å². The molecule has 1 saturated heterocycles. The Labute approximate surface area is 171 Å². The fourth-order valence-electron chi connectivity index (χ4n) is 3.37. The van der Waals surface area contributed by atoms with Gasteiger partial charge in [0.05, 0.1) is 18.3 Å². The van der Waals surface area contributed by atoms with Gasteiger partial charge in [-0.05, 0) is 24.6 Å². The largest absolute Gasteiger partial charge is 0.450 e. The number of carbonyl (C=O) groups excluding carboxylic acids is 1. The molecule has 1 aliphatic heterocycles. The topological polar surface area (TPSA) is 83.0 Å². The van der Waals surface area contributed by atoms with Crippen molar-refractivity contribution in [3.8, 4) is 0 Å². The van der Waals surface area contributed by atoms with Gasteiger partial charge in [-0.15, -0.1) is 0 Å². The van der Waals surface area contributed by atoms with Crippen molar-refractivity contribution in [2.24, 2.45) is 0 Å². The predicted octanol–water partition coefficient (Wildman–Crippen LogP) is 2.12. The number of nitrogens with zero attached hydrogens (tertiary/aromatic N) is 4. The Morgan fingerprint density at radius 1 is 1.10 bits per heavy atom. The van der Waals surface area contributed by atoms with E-state index in [4.69, 9.17) is 4.74 Å². The van der Waals surface area contributed by atoms with Gasteiger partial charge in [0.2, 0.25) is 0 Å². The summed E-state index contributed by atoms with van der Waals surface area (Å²) in [6.07, 6.45) is 1.25. The molecule has 1 unspecified atom stereocenters. The maximum absolute atomic E-state index is 13.4. The number of ether oxygens (including phenoxy) is 1. The second-order valence-corrected chi connectivity index (χ2v) is 8.66. The zero-order valence-electron chi connectivity index (χ0n) is 16.6. The molecule has 1 aromatic heterocycles. The maximum Gasteiger partial charge on any atom is 0.409 e. The lowest BCUT2D eigenvalue weighted by molar-refractivity contribution is 0.0924. The van der Waals surface area contributed by atoms with E-state index in [9.17, 15) is 13.2 Å². The van der Waals surface area contributed by atoms with Gasteiger partial charge >= 0.3 is 6.09 Å². The van der Waals surface area contributed by atoms with Crippen LogP contribution < -0.4 is 0 Å². The van der Waals surface area contributed by atoms with Crippen molar-refractivity contribution in [2.75, 3.05) is 39.8 Å². The van der Waals surface area contributed by atoms with Crippen LogP contribution in [0.25, 0.3) is 0 Å². The lowest BCUT2D eigenvalue weighted by atomic mass is 10.0. The van der Waals surface area contributed by atoms with Crippen LogP contribution in [0, 0.1) is 0 Å². The van der Waals surface area contributed by atoms with Crippen LogP contribution in [-0.4, -0.2) is 72.8 Å². The Balaban J connectivity index is 1.82. The lowest BCUT2D eigenvalue weighted by Gasteiger charge is -2.37. The first-order chi connectivity index (χ1) is 13.9. The molecule has 0 radical (unpaired) electrons. The summed E-state index contributed by atoms with van der Waals surface area (Å²) in [7, 11) is -2.20. The molecule has 0 spiro atoms. The number of carbonyl (C=O) groups is 1. The smallest absolute Gasteiger partial charge is 0.409 e. The number of benzene rings is 1. The second kappa shape index (κ2) is 9.34. The van der Waals surface area contributed by atoms with Gasteiger partial charge < -0.3 is 9.64 Å². The highest BCUT2D eigenvalue weighted by Gasteiger charge is 2.36. The van der Waals surface area contributed by atoms with Gasteiger partial charge in [0.1, 0.15) is 0 Å². The third-order valence-corrected chi connectivity index (χ3v) is 6.86. The van der Waals surface area contributed by atoms with Crippen LogP contribution in [0.5, 0.6) is 0 Å². The summed E-state index contributed by atoms with van der Waals surface area (Å²) in [5.41, 5.74) is 1.48. The van der Waals surface area contributed by atoms with E-state index < -0.39 is 22.3 Å². The second-order valence-electron chi connectivity index (χ2n) is 6.68. The monoisotopic (exact) mass is 418 g/mol. The SMILES string of the molecule is CCOC(=O)N1CCN(S(=O)(=O)N(C)C(c2ccccc2)c2ccccn2)CC1. The van der Waals surface area contributed by atoms with E-state index in [2.05, 4.69) is 4.98 Å². The van der Waals surface area contributed by atoms with Gasteiger partial charge in [0.15, 0.2) is 0 Å². The van der Waals surface area contributed by atoms with Crippen molar-refractivity contribution in [3.63, 3.8) is 0 Å². The fraction of sp³-hybridized carbons (Fsp3) is 0.400. The van der Waals surface area contributed by atoms with Crippen molar-refractivity contribution >= 4 is 16.3 Å². The molecular formula is C20H26N4O4S. The standard InChI is InChI=1S/C20H26N4O4S/c1-3-28-20(25)23-13-15-24(16-14-23)29(26,27)22(2)19(17-9-5-4-6-10-17)18-11-7-8-12-21-18/h4-12,19H,3,13-16H2,1-2H3. The highest BCUT2D eigenvalue weighted by molar-refractivity contribution is 7.86. The molecule has 0 saturated carbocycles. The van der Waals surface area contributed by atoms with Crippen LogP contribution >= 0.6 is 0 Å². The van der Waals surface area contributed by atoms with Crippen LogP contribution in [-0.2, 0) is 14.9 Å². The Kier molecular flexibility index (Phi) is 6.83. The molecule has 8 nitrogen and oxygen atoms in total. The third-order valence-electron chi connectivity index (χ3n) is 4.90. The molecule has 1 atom stereocenters. The molecule has 1 aliphatic rings. The summed E-state index contributed by atoms with van der Waals surface area (Å²) in [5, 5.41) is 0. The Bertz CT molecular complexity index is 861. The van der Waals surface area contributed by atoms with Crippen molar-refractivity contribution in [1.29, 1.82) is 0 Å². The van der Waals surface area contributed by atoms with Crippen molar-refractivity contribution in [1.82, 2.24) is 18.5 Å². The van der Waals surface area contributed by atoms with E-state index in [1.807, 2.05) is 42.5 Å². The molecule has 1 fully saturated rings. The normalized spacial score (nSPS) is 16.6. The quantitative estimate of drug-likeness (QED) is 0.718. The van der Waals surface area contributed by atoms with E-state index >= 15 is 0 Å². The number of hydrogen-bond acceptors (Lipinski definition) is 5. The minimum absolute atomic E-state index is 0.217. The number of hydrogen-bond donors (Lipinski definition) is 0. The number of amides is 1. The van der Waals surface area contributed by atoms with Crippen molar-refractivity contribution in [3.05, 3.63) is 66.0 Å². The molecule has 3 rings (SSSR count). The average molecular weight is 419 g/mol. The minimum Gasteiger partial charge on any atom is -0.450 e. The van der Waals surface area contributed by atoms with Crippen LogP contribution in [0.4, 0.5) is 4.79 Å². The Hall–Kier alpha value is -2.49. The first-order valence-electron chi connectivity index (χ1n) is 9.55. The molecular weight excluding hydrogens is 392 g/mol. The van der Waals surface area contributed by atoms with Crippen molar-refractivity contribution in [2.45, 2.75) is 13.0 Å². The highest BCUT2D eigenvalue weighted by atomic mass is 32.2. The van der Waals surface area contributed by atoms with E-state index in [-0.39, 0.29) is 13.1 Å². The van der Waals surface area contributed by atoms with Gasteiger partial charge in [-0.1, -0.05) is 36.4 Å². The van der Waals surface area contributed by atoms with Crippen LogP contribution in [0.1, 0.15) is 24.2 Å². The number of piperazine rings is 1. The van der Waals surface area contributed by atoms with Gasteiger partial charge in [-0.25, -0.2) is 4.79 Å². The molecule has 0 N–H and O–H groups in total. The predicted molar refractivity (Wildman–Crippen MR) is 109 cm³/mol. The zero-order valence-corrected chi connectivity index (χ0v) is 17.5. The average Bonchev–Trinajstić information content (AvgIpc) is 2.75. The molecule has 9 heteroatoms. The molecule has 156 valence electrons. The lowest BCUT2D eigenvalue weighted by Crippen LogP contribution is -2.54. The molecule has 29 heavy (non-hydrogen) atoms. The first kappa shape index (κ1) is 21.2. The first-order valence-corrected chi connectivity index (χ1v) is 11.0. The Morgan fingerprint density at radius 2 is 1.76 bits per heavy atom. The highest BCUT2D eigenvalue weighted by Crippen LogP contribution is 2.29. The minimum atomic E-state index is -3.77. The summed E-state index contributed by atoms with van der Waals surface area (Å²) in [4.78, 5) is 17.8. The van der Waals surface area contributed by atoms with E-state index in [1.165, 1.54) is 13.5 Å². The summed E-state index contributed by atoms with van der Waals surface area (Å²) >= 11 is 0. The zero-order chi connectivity index (χ0) is 20.9. The summed E-state index contributed by atoms with van der Waals surface area (Å²) in [6.45, 7) is 3.07. The number of aromatic nitrogens is 1. The van der Waals surface area contributed by atoms with E-state index in [1.54, 1.807) is 26.2 Å². The summed E-state index contributed by atoms with van der Waals surface area (Å²) in [5.74, 6) is 0. The third kappa shape index (κ3) is 4.75. The number of pyridine rings is 1. The summed E-state index contributed by atoms with van der Waals surface area (Å²) < 4.78 is 34.5. The van der Waals surface area contributed by atoms with Crippen LogP contribution in [0.15, 0.2) is 54.7 Å². The van der Waals surface area contributed by atoms with Crippen molar-refractivity contribution < 1.29 is 17.9 Å². The molecule has 0 aliphatic carbocycles. The molecule has 2 heterocycles. The van der Waals surface area contributed by atoms with Gasteiger partial charge in [-0.3, -0.25) is 4.98 Å². The van der Waals surface area contributed by atoms with Gasteiger partial charge in [-0.2, -0.15) is 17.0 Å². The van der Waals surface area contributed by atoms with E-state index in [0.717, 1.165) is 5.56 Å². The molecule has 2 aromatic rings. The number of rotatable bonds is 6.